The van der Waals surface area contributed by atoms with Crippen LogP contribution in [-0.2, 0) is 11.2 Å². The van der Waals surface area contributed by atoms with Crippen LogP contribution in [0.1, 0.15) is 24.0 Å². The number of methoxy groups -OCH3 is 1. The Labute approximate surface area is 140 Å². The number of nitrogens with zero attached hydrogens (tertiary/aromatic N) is 1. The van der Waals surface area contributed by atoms with Gasteiger partial charge in [0.15, 0.2) is 0 Å². The summed E-state index contributed by atoms with van der Waals surface area (Å²) < 4.78 is 5.23. The third-order valence-electron chi connectivity index (χ3n) is 3.69. The second-order valence-electron chi connectivity index (χ2n) is 5.51. The topological polar surface area (TPSA) is 81.5 Å². The van der Waals surface area contributed by atoms with Crippen molar-refractivity contribution in [2.75, 3.05) is 12.4 Å². The molecule has 2 rings (SSSR count). The van der Waals surface area contributed by atoms with Crippen LogP contribution in [0.2, 0.25) is 0 Å². The molecule has 0 fully saturated rings. The number of nitro benzene ring substituents is 1. The summed E-state index contributed by atoms with van der Waals surface area (Å²) in [5, 5.41) is 13.3. The third kappa shape index (κ3) is 4.81. The van der Waals surface area contributed by atoms with E-state index < -0.39 is 4.92 Å². The lowest BCUT2D eigenvalue weighted by Crippen LogP contribution is -2.11. The summed E-state index contributed by atoms with van der Waals surface area (Å²) in [7, 11) is 1.64. The maximum atomic E-state index is 11.9. The highest BCUT2D eigenvalue weighted by Crippen LogP contribution is 2.20. The molecule has 0 aliphatic rings. The highest BCUT2D eigenvalue weighted by Gasteiger charge is 2.07. The Kier molecular flexibility index (Phi) is 5.89. The summed E-state index contributed by atoms with van der Waals surface area (Å²) in [6.07, 6.45) is 1.92. The first-order valence-corrected chi connectivity index (χ1v) is 7.67. The number of nitrogens with one attached hydrogen (secondary N) is 1. The van der Waals surface area contributed by atoms with Gasteiger partial charge in [0.25, 0.3) is 5.69 Å². The van der Waals surface area contributed by atoms with E-state index >= 15 is 0 Å². The van der Waals surface area contributed by atoms with E-state index in [1.807, 2.05) is 19.1 Å². The van der Waals surface area contributed by atoms with Gasteiger partial charge in [0, 0.05) is 24.2 Å². The number of carbonyl (C=O) groups is 1. The monoisotopic (exact) mass is 328 g/mol. The van der Waals surface area contributed by atoms with Gasteiger partial charge < -0.3 is 10.1 Å². The van der Waals surface area contributed by atoms with E-state index in [4.69, 9.17) is 4.74 Å². The summed E-state index contributed by atoms with van der Waals surface area (Å²) in [6, 6.07) is 11.8. The molecular formula is C18H20N2O4. The number of hydrogen-bond donors (Lipinski definition) is 1. The molecule has 126 valence electrons. The summed E-state index contributed by atoms with van der Waals surface area (Å²) >= 11 is 0. The summed E-state index contributed by atoms with van der Waals surface area (Å²) in [5.74, 6) is 0.753. The van der Waals surface area contributed by atoms with Gasteiger partial charge in [0.2, 0.25) is 5.91 Å². The first-order valence-electron chi connectivity index (χ1n) is 7.67. The number of ether oxygens (including phenoxy) is 1. The minimum atomic E-state index is -0.470. The molecule has 0 saturated carbocycles. The molecule has 0 aromatic heterocycles. The third-order valence-corrected chi connectivity index (χ3v) is 3.69. The highest BCUT2D eigenvalue weighted by atomic mass is 16.6. The van der Waals surface area contributed by atoms with E-state index in [-0.39, 0.29) is 11.6 Å². The Hall–Kier alpha value is -2.89. The fourth-order valence-electron chi connectivity index (χ4n) is 2.44. The van der Waals surface area contributed by atoms with Gasteiger partial charge in [-0.05, 0) is 49.1 Å². The Morgan fingerprint density at radius 3 is 2.50 bits per heavy atom. The van der Waals surface area contributed by atoms with Gasteiger partial charge in [-0.3, -0.25) is 14.9 Å². The Balaban J connectivity index is 1.80. The predicted molar refractivity (Wildman–Crippen MR) is 92.4 cm³/mol. The minimum absolute atomic E-state index is 0.00266. The van der Waals surface area contributed by atoms with Crippen molar-refractivity contribution in [2.45, 2.75) is 26.2 Å². The van der Waals surface area contributed by atoms with Gasteiger partial charge in [0.05, 0.1) is 12.0 Å². The molecule has 0 aliphatic carbocycles. The molecule has 0 unspecified atom stereocenters. The van der Waals surface area contributed by atoms with Crippen molar-refractivity contribution < 1.29 is 14.5 Å². The zero-order valence-corrected chi connectivity index (χ0v) is 13.7. The lowest BCUT2D eigenvalue weighted by Gasteiger charge is -2.08. The van der Waals surface area contributed by atoms with Gasteiger partial charge in [0.1, 0.15) is 5.75 Å². The number of benzene rings is 2. The van der Waals surface area contributed by atoms with Crippen LogP contribution in [0, 0.1) is 17.0 Å². The molecule has 0 radical (unpaired) electrons. The molecule has 6 heteroatoms. The summed E-state index contributed by atoms with van der Waals surface area (Å²) in [5.41, 5.74) is 2.80. The van der Waals surface area contributed by atoms with Crippen LogP contribution in [0.5, 0.6) is 5.75 Å². The molecule has 0 heterocycles. The van der Waals surface area contributed by atoms with Crippen LogP contribution in [0.15, 0.2) is 42.5 Å². The van der Waals surface area contributed by atoms with Crippen molar-refractivity contribution >= 4 is 17.3 Å². The number of non-ortho nitro benzene ring substituents is 1. The molecule has 6 nitrogen and oxygen atoms in total. The second-order valence-corrected chi connectivity index (χ2v) is 5.51. The second kappa shape index (κ2) is 8.10. The average molecular weight is 328 g/mol. The number of rotatable bonds is 7. The predicted octanol–water partition coefficient (Wildman–Crippen LogP) is 3.87. The number of anilines is 1. The number of nitro groups is 1. The lowest BCUT2D eigenvalue weighted by atomic mass is 10.0. The van der Waals surface area contributed by atoms with Crippen LogP contribution in [0.25, 0.3) is 0 Å². The molecule has 1 N–H and O–H groups in total. The van der Waals surface area contributed by atoms with Crippen molar-refractivity contribution in [3.8, 4) is 5.75 Å². The SMILES string of the molecule is COc1ccc(CCCC(=O)Nc2ccc([N+](=O)[O-])cc2)cc1C. The van der Waals surface area contributed by atoms with Gasteiger partial charge in [-0.25, -0.2) is 0 Å². The maximum absolute atomic E-state index is 11.9. The van der Waals surface area contributed by atoms with Crippen LogP contribution in [-0.4, -0.2) is 17.9 Å². The normalized spacial score (nSPS) is 10.2. The van der Waals surface area contributed by atoms with Crippen molar-refractivity contribution in [1.82, 2.24) is 0 Å². The lowest BCUT2D eigenvalue weighted by molar-refractivity contribution is -0.384. The molecule has 0 saturated heterocycles. The van der Waals surface area contributed by atoms with E-state index in [1.165, 1.54) is 24.3 Å². The van der Waals surface area contributed by atoms with Crippen molar-refractivity contribution in [1.29, 1.82) is 0 Å². The zero-order chi connectivity index (χ0) is 17.5. The highest BCUT2D eigenvalue weighted by molar-refractivity contribution is 5.90. The smallest absolute Gasteiger partial charge is 0.269 e. The van der Waals surface area contributed by atoms with Crippen LogP contribution in [0.3, 0.4) is 0 Å². The van der Waals surface area contributed by atoms with Crippen molar-refractivity contribution in [2.24, 2.45) is 0 Å². The van der Waals surface area contributed by atoms with Crippen molar-refractivity contribution in [3.05, 3.63) is 63.7 Å². The molecule has 24 heavy (non-hydrogen) atoms. The first-order chi connectivity index (χ1) is 11.5. The van der Waals surface area contributed by atoms with E-state index in [9.17, 15) is 14.9 Å². The van der Waals surface area contributed by atoms with Gasteiger partial charge >= 0.3 is 0 Å². The first kappa shape index (κ1) is 17.5. The largest absolute Gasteiger partial charge is 0.496 e. The fraction of sp³-hybridized carbons (Fsp3) is 0.278. The maximum Gasteiger partial charge on any atom is 0.269 e. The average Bonchev–Trinajstić information content (AvgIpc) is 2.55. The Bertz CT molecular complexity index is 726. The number of aryl methyl sites for hydroxylation is 2. The molecule has 0 atom stereocenters. The molecule has 0 bridgehead atoms. The van der Waals surface area contributed by atoms with E-state index in [0.29, 0.717) is 12.1 Å². The molecule has 1 amide bonds. The molecule has 0 spiro atoms. The fourth-order valence-corrected chi connectivity index (χ4v) is 2.44. The Morgan fingerprint density at radius 1 is 1.21 bits per heavy atom. The minimum Gasteiger partial charge on any atom is -0.496 e. The van der Waals surface area contributed by atoms with Crippen LogP contribution < -0.4 is 10.1 Å². The quantitative estimate of drug-likeness (QED) is 0.618. The molecular weight excluding hydrogens is 308 g/mol. The summed E-state index contributed by atoms with van der Waals surface area (Å²) in [6.45, 7) is 1.99. The van der Waals surface area contributed by atoms with Gasteiger partial charge in [-0.1, -0.05) is 12.1 Å². The van der Waals surface area contributed by atoms with E-state index in [1.54, 1.807) is 7.11 Å². The van der Waals surface area contributed by atoms with Crippen LogP contribution in [0.4, 0.5) is 11.4 Å². The van der Waals surface area contributed by atoms with Crippen LogP contribution >= 0.6 is 0 Å². The van der Waals surface area contributed by atoms with Gasteiger partial charge in [-0.2, -0.15) is 0 Å². The van der Waals surface area contributed by atoms with E-state index in [0.717, 1.165) is 29.7 Å². The molecule has 2 aromatic rings. The number of hydrogen-bond acceptors (Lipinski definition) is 4. The Morgan fingerprint density at radius 2 is 1.92 bits per heavy atom. The number of amides is 1. The van der Waals surface area contributed by atoms with E-state index in [2.05, 4.69) is 11.4 Å². The molecule has 0 aliphatic heterocycles. The summed E-state index contributed by atoms with van der Waals surface area (Å²) in [4.78, 5) is 22.0. The zero-order valence-electron chi connectivity index (χ0n) is 13.7. The molecule has 2 aromatic carbocycles. The van der Waals surface area contributed by atoms with Gasteiger partial charge in [-0.15, -0.1) is 0 Å². The standard InChI is InChI=1S/C18H20N2O4/c1-13-12-14(6-11-17(13)24-2)4-3-5-18(21)19-15-7-9-16(10-8-15)20(22)23/h6-12H,3-5H2,1-2H3,(H,19,21). The van der Waals surface area contributed by atoms with Crippen molar-refractivity contribution in [3.63, 3.8) is 0 Å². The number of carbonyl (C=O) groups excluding carboxylic acids is 1.